The molecule has 1 heterocycles. The first-order chi connectivity index (χ1) is 4.13. The van der Waals surface area contributed by atoms with Crippen LogP contribution in [0.3, 0.4) is 0 Å². The van der Waals surface area contributed by atoms with Crippen molar-refractivity contribution in [2.24, 2.45) is 0 Å². The van der Waals surface area contributed by atoms with Crippen molar-refractivity contribution in [3.8, 4) is 0 Å². The second-order valence-electron chi connectivity index (χ2n) is 1.51. The minimum Gasteiger partial charge on any atom is -0.480 e. The van der Waals surface area contributed by atoms with E-state index < -0.39 is 22.3 Å². The highest BCUT2D eigenvalue weighted by Gasteiger charge is 2.39. The molecule has 5 nitrogen and oxygen atoms in total. The molecule has 1 aliphatic heterocycles. The van der Waals surface area contributed by atoms with Crippen LogP contribution >= 0.6 is 0 Å². The van der Waals surface area contributed by atoms with Crippen molar-refractivity contribution >= 4 is 21.3 Å². The number of carbonyl (C=O) groups is 1. The Kier molecular flexibility index (Phi) is 1.26. The molecular formula is C3H3NO4S. The van der Waals surface area contributed by atoms with Gasteiger partial charge in [0.05, 0.1) is 0 Å². The predicted molar refractivity (Wildman–Crippen MR) is 28.5 cm³/mol. The number of nitrogens with one attached hydrogen (secondary N) is 1. The molecule has 1 atom stereocenters. The van der Waals surface area contributed by atoms with E-state index in [1.165, 1.54) is 0 Å². The van der Waals surface area contributed by atoms with Crippen molar-refractivity contribution in [3.05, 3.63) is 0 Å². The number of rotatable bonds is 1. The van der Waals surface area contributed by atoms with Crippen molar-refractivity contribution < 1.29 is 18.3 Å². The smallest absolute Gasteiger partial charge is 0.327 e. The maximum Gasteiger partial charge on any atom is 0.327 e. The molecule has 0 aromatic heterocycles. The lowest BCUT2D eigenvalue weighted by atomic mass is 10.5. The summed E-state index contributed by atoms with van der Waals surface area (Å²) in [5.41, 5.74) is 0. The van der Waals surface area contributed by atoms with Gasteiger partial charge >= 0.3 is 5.97 Å². The summed E-state index contributed by atoms with van der Waals surface area (Å²) in [6.45, 7) is 0. The average Bonchev–Trinajstić information content (AvgIpc) is 2.39. The van der Waals surface area contributed by atoms with Gasteiger partial charge in [-0.3, -0.25) is 10.1 Å². The first-order valence-corrected chi connectivity index (χ1v) is 3.16. The average molecular weight is 149 g/mol. The zero-order chi connectivity index (χ0) is 7.02. The van der Waals surface area contributed by atoms with Crippen molar-refractivity contribution in [1.82, 2.24) is 5.32 Å². The Labute approximate surface area is 51.8 Å². The summed E-state index contributed by atoms with van der Waals surface area (Å²) in [7, 11) is -2.38. The highest BCUT2D eigenvalue weighted by molar-refractivity contribution is 7.73. The van der Waals surface area contributed by atoms with E-state index in [1.807, 2.05) is 0 Å². The lowest BCUT2D eigenvalue weighted by molar-refractivity contribution is -0.135. The molecule has 1 saturated heterocycles. The Balaban J connectivity index is 2.85. The summed E-state index contributed by atoms with van der Waals surface area (Å²) < 4.78 is 19.8. The fraction of sp³-hybridized carbons (Fsp3) is 0.333. The molecule has 0 radical (unpaired) electrons. The second-order valence-corrected chi connectivity index (χ2v) is 2.42. The number of aliphatic carboxylic acids is 1. The van der Waals surface area contributed by atoms with E-state index in [0.29, 0.717) is 0 Å². The van der Waals surface area contributed by atoms with E-state index in [9.17, 15) is 13.2 Å². The molecule has 0 saturated carbocycles. The summed E-state index contributed by atoms with van der Waals surface area (Å²) in [5.74, 6) is -1.16. The van der Waals surface area contributed by atoms with Crippen molar-refractivity contribution in [3.63, 3.8) is 0 Å². The van der Waals surface area contributed by atoms with Crippen molar-refractivity contribution in [1.29, 1.82) is 0 Å². The molecule has 0 bridgehead atoms. The van der Waals surface area contributed by atoms with Gasteiger partial charge in [-0.2, -0.15) is 8.42 Å². The number of carboxylic acids is 1. The maximum atomic E-state index is 9.92. The standard InChI is InChI=1S/C3H3NO4S/c5-3(6)1-2(4-1)9(7)8/h1,4H,(H,5,6). The highest BCUT2D eigenvalue weighted by atomic mass is 32.2. The third-order valence-electron chi connectivity index (χ3n) is 0.892. The van der Waals surface area contributed by atoms with Crippen LogP contribution in [0, 0.1) is 0 Å². The molecule has 1 aliphatic rings. The lowest BCUT2D eigenvalue weighted by Gasteiger charge is -1.73. The molecule has 2 N–H and O–H groups in total. The van der Waals surface area contributed by atoms with Crippen LogP contribution in [-0.4, -0.2) is 30.5 Å². The van der Waals surface area contributed by atoms with Gasteiger partial charge in [-0.25, -0.2) is 0 Å². The number of hydrogen-bond donors (Lipinski definition) is 2. The molecule has 0 amide bonds. The Hall–Kier alpha value is -0.880. The number of carboxylic acid groups (broad SMARTS) is 1. The molecule has 0 aliphatic carbocycles. The van der Waals surface area contributed by atoms with Gasteiger partial charge in [0.1, 0.15) is 4.99 Å². The Bertz CT molecular complexity index is 268. The molecule has 9 heavy (non-hydrogen) atoms. The van der Waals surface area contributed by atoms with Crippen molar-refractivity contribution in [2.45, 2.75) is 6.04 Å². The first kappa shape index (κ1) is 6.24. The molecule has 50 valence electrons. The van der Waals surface area contributed by atoms with Crippen LogP contribution in [0.5, 0.6) is 0 Å². The van der Waals surface area contributed by atoms with Crippen LogP contribution in [0.25, 0.3) is 0 Å². The molecule has 1 rings (SSSR count). The first-order valence-electron chi connectivity index (χ1n) is 2.08. The lowest BCUT2D eigenvalue weighted by Crippen LogP contribution is -2.07. The van der Waals surface area contributed by atoms with E-state index in [-0.39, 0.29) is 4.99 Å². The second kappa shape index (κ2) is 1.82. The largest absolute Gasteiger partial charge is 0.480 e. The monoisotopic (exact) mass is 149 g/mol. The highest BCUT2D eigenvalue weighted by Crippen LogP contribution is 1.99. The zero-order valence-electron chi connectivity index (χ0n) is 4.16. The van der Waals surface area contributed by atoms with Gasteiger partial charge in [0.15, 0.2) is 6.04 Å². The third-order valence-corrected chi connectivity index (χ3v) is 1.60. The minimum absolute atomic E-state index is 0.137. The molecule has 6 heteroatoms. The molecular weight excluding hydrogens is 146 g/mol. The summed E-state index contributed by atoms with van der Waals surface area (Å²) in [4.78, 5) is 9.78. The minimum atomic E-state index is -2.38. The molecule has 0 aromatic rings. The van der Waals surface area contributed by atoms with Crippen LogP contribution in [0.1, 0.15) is 0 Å². The van der Waals surface area contributed by atoms with E-state index in [1.54, 1.807) is 0 Å². The normalized spacial score (nSPS) is 23.6. The SMILES string of the molecule is O=C(O)C1NC1=S(=O)=O. The molecule has 0 aromatic carbocycles. The van der Waals surface area contributed by atoms with Gasteiger partial charge in [0.2, 0.25) is 10.3 Å². The Morgan fingerprint density at radius 3 is 2.33 bits per heavy atom. The van der Waals surface area contributed by atoms with Gasteiger partial charge in [-0.1, -0.05) is 0 Å². The summed E-state index contributed by atoms with van der Waals surface area (Å²) in [6, 6.07) is -0.969. The third kappa shape index (κ3) is 1.08. The van der Waals surface area contributed by atoms with Gasteiger partial charge in [0.25, 0.3) is 0 Å². The summed E-state index contributed by atoms with van der Waals surface area (Å²) in [6.07, 6.45) is 0. The fourth-order valence-corrected chi connectivity index (χ4v) is 0.926. The molecule has 1 fully saturated rings. The van der Waals surface area contributed by atoms with Crippen LogP contribution in [0.15, 0.2) is 0 Å². The van der Waals surface area contributed by atoms with Crippen LogP contribution in [0.4, 0.5) is 0 Å². The molecule has 1 unspecified atom stereocenters. The van der Waals surface area contributed by atoms with E-state index in [4.69, 9.17) is 5.11 Å². The summed E-state index contributed by atoms with van der Waals surface area (Å²) in [5, 5.41) is 10.3. The quantitative estimate of drug-likeness (QED) is 0.334. The van der Waals surface area contributed by atoms with Gasteiger partial charge in [0, 0.05) is 0 Å². The topological polar surface area (TPSA) is 93.4 Å². The Morgan fingerprint density at radius 2 is 2.22 bits per heavy atom. The van der Waals surface area contributed by atoms with E-state index >= 15 is 0 Å². The number of hydrogen-bond acceptors (Lipinski definition) is 3. The summed E-state index contributed by atoms with van der Waals surface area (Å²) >= 11 is 0. The fourth-order valence-electron chi connectivity index (χ4n) is 0.419. The zero-order valence-corrected chi connectivity index (χ0v) is 4.97. The molecule has 0 spiro atoms. The predicted octanol–water partition coefficient (Wildman–Crippen LogP) is -1.95. The van der Waals surface area contributed by atoms with Crippen LogP contribution in [-0.2, 0) is 15.1 Å². The van der Waals surface area contributed by atoms with Gasteiger partial charge in [-0.15, -0.1) is 0 Å². The Morgan fingerprint density at radius 1 is 1.67 bits per heavy atom. The van der Waals surface area contributed by atoms with Crippen LogP contribution < -0.4 is 5.32 Å². The van der Waals surface area contributed by atoms with Crippen molar-refractivity contribution in [2.75, 3.05) is 0 Å². The van der Waals surface area contributed by atoms with E-state index in [0.717, 1.165) is 0 Å². The van der Waals surface area contributed by atoms with Gasteiger partial charge < -0.3 is 5.11 Å². The van der Waals surface area contributed by atoms with Crippen LogP contribution in [0.2, 0.25) is 0 Å². The van der Waals surface area contributed by atoms with E-state index in [2.05, 4.69) is 5.32 Å². The maximum absolute atomic E-state index is 9.92. The van der Waals surface area contributed by atoms with Gasteiger partial charge in [-0.05, 0) is 0 Å².